The summed E-state index contributed by atoms with van der Waals surface area (Å²) in [6, 6.07) is 0. The van der Waals surface area contributed by atoms with Crippen molar-refractivity contribution in [2.45, 2.75) is 71.0 Å². The Labute approximate surface area is 106 Å². The SMILES string of the molecule is CC1CCCC(C2(O)CCOC(C(C)C)C2)C1. The van der Waals surface area contributed by atoms with E-state index in [0.717, 1.165) is 25.4 Å². The quantitative estimate of drug-likeness (QED) is 0.802. The van der Waals surface area contributed by atoms with E-state index in [-0.39, 0.29) is 6.10 Å². The average Bonchev–Trinajstić information content (AvgIpc) is 2.29. The van der Waals surface area contributed by atoms with Crippen molar-refractivity contribution in [2.24, 2.45) is 17.8 Å². The Hall–Kier alpha value is -0.0800. The highest BCUT2D eigenvalue weighted by atomic mass is 16.5. The molecular formula is C15H28O2. The normalized spacial score (nSPS) is 43.9. The fraction of sp³-hybridized carbons (Fsp3) is 1.00. The third kappa shape index (κ3) is 3.03. The predicted octanol–water partition coefficient (Wildman–Crippen LogP) is 3.38. The van der Waals surface area contributed by atoms with Gasteiger partial charge in [-0.15, -0.1) is 0 Å². The van der Waals surface area contributed by atoms with Crippen LogP contribution in [0, 0.1) is 17.8 Å². The van der Waals surface area contributed by atoms with E-state index in [9.17, 15) is 5.11 Å². The van der Waals surface area contributed by atoms with Crippen molar-refractivity contribution in [3.05, 3.63) is 0 Å². The average molecular weight is 240 g/mol. The van der Waals surface area contributed by atoms with Crippen molar-refractivity contribution in [2.75, 3.05) is 6.61 Å². The van der Waals surface area contributed by atoms with Crippen LogP contribution in [0.1, 0.15) is 59.3 Å². The maximum absolute atomic E-state index is 11.0. The van der Waals surface area contributed by atoms with Gasteiger partial charge < -0.3 is 9.84 Å². The second-order valence-corrected chi connectivity index (χ2v) is 6.68. The minimum atomic E-state index is -0.443. The molecule has 100 valence electrons. The summed E-state index contributed by atoms with van der Waals surface area (Å²) < 4.78 is 5.79. The lowest BCUT2D eigenvalue weighted by Gasteiger charge is -2.45. The smallest absolute Gasteiger partial charge is 0.0722 e. The standard InChI is InChI=1S/C15H28O2/c1-11(2)14-10-15(16,7-8-17-14)13-6-4-5-12(3)9-13/h11-14,16H,4-10H2,1-3H3. The number of rotatable bonds is 2. The molecule has 2 rings (SSSR count). The van der Waals surface area contributed by atoms with Gasteiger partial charge in [0.25, 0.3) is 0 Å². The van der Waals surface area contributed by atoms with Crippen LogP contribution in [0.15, 0.2) is 0 Å². The maximum atomic E-state index is 11.0. The lowest BCUT2D eigenvalue weighted by Crippen LogP contribution is -2.49. The molecule has 0 aromatic rings. The first-order chi connectivity index (χ1) is 8.01. The van der Waals surface area contributed by atoms with E-state index in [1.807, 2.05) is 0 Å². The van der Waals surface area contributed by atoms with Gasteiger partial charge >= 0.3 is 0 Å². The van der Waals surface area contributed by atoms with E-state index in [2.05, 4.69) is 20.8 Å². The molecular weight excluding hydrogens is 212 g/mol. The van der Waals surface area contributed by atoms with Crippen LogP contribution < -0.4 is 0 Å². The maximum Gasteiger partial charge on any atom is 0.0722 e. The van der Waals surface area contributed by atoms with E-state index < -0.39 is 5.60 Å². The fourth-order valence-corrected chi connectivity index (χ4v) is 3.62. The van der Waals surface area contributed by atoms with Gasteiger partial charge in [-0.25, -0.2) is 0 Å². The van der Waals surface area contributed by atoms with E-state index in [1.165, 1.54) is 25.7 Å². The van der Waals surface area contributed by atoms with Gasteiger partial charge in [0.15, 0.2) is 0 Å². The molecule has 0 aromatic heterocycles. The molecule has 0 aromatic carbocycles. The molecule has 2 heteroatoms. The lowest BCUT2D eigenvalue weighted by atomic mass is 9.68. The highest BCUT2D eigenvalue weighted by Crippen LogP contribution is 2.42. The Morgan fingerprint density at radius 3 is 2.71 bits per heavy atom. The van der Waals surface area contributed by atoms with Gasteiger partial charge in [0.05, 0.1) is 11.7 Å². The Bertz CT molecular complexity index is 251. The third-order valence-electron chi connectivity index (χ3n) is 4.86. The van der Waals surface area contributed by atoms with E-state index in [4.69, 9.17) is 4.74 Å². The third-order valence-corrected chi connectivity index (χ3v) is 4.86. The molecule has 0 bridgehead atoms. The van der Waals surface area contributed by atoms with Crippen molar-refractivity contribution in [1.82, 2.24) is 0 Å². The van der Waals surface area contributed by atoms with Crippen molar-refractivity contribution in [3.63, 3.8) is 0 Å². The number of hydrogen-bond acceptors (Lipinski definition) is 2. The molecule has 2 fully saturated rings. The minimum absolute atomic E-state index is 0.256. The molecule has 0 radical (unpaired) electrons. The summed E-state index contributed by atoms with van der Waals surface area (Å²) in [5.74, 6) is 1.82. The van der Waals surface area contributed by atoms with Gasteiger partial charge in [0, 0.05) is 13.0 Å². The number of ether oxygens (including phenoxy) is 1. The molecule has 17 heavy (non-hydrogen) atoms. The van der Waals surface area contributed by atoms with E-state index >= 15 is 0 Å². The van der Waals surface area contributed by atoms with Crippen LogP contribution in [0.3, 0.4) is 0 Å². The first kappa shape index (κ1) is 13.4. The van der Waals surface area contributed by atoms with Crippen LogP contribution in [0.2, 0.25) is 0 Å². The highest BCUT2D eigenvalue weighted by Gasteiger charge is 2.43. The van der Waals surface area contributed by atoms with Crippen LogP contribution >= 0.6 is 0 Å². The zero-order chi connectivity index (χ0) is 12.5. The van der Waals surface area contributed by atoms with E-state index in [1.54, 1.807) is 0 Å². The van der Waals surface area contributed by atoms with Crippen molar-refractivity contribution >= 4 is 0 Å². The molecule has 1 saturated carbocycles. The van der Waals surface area contributed by atoms with Gasteiger partial charge in [-0.05, 0) is 37.0 Å². The Morgan fingerprint density at radius 2 is 2.06 bits per heavy atom. The van der Waals surface area contributed by atoms with Gasteiger partial charge in [-0.1, -0.05) is 33.6 Å². The molecule has 0 spiro atoms. The Morgan fingerprint density at radius 1 is 1.29 bits per heavy atom. The largest absolute Gasteiger partial charge is 0.389 e. The summed E-state index contributed by atoms with van der Waals surface area (Å²) in [6.45, 7) is 7.46. The van der Waals surface area contributed by atoms with Crippen LogP contribution in [0.25, 0.3) is 0 Å². The number of hydrogen-bond donors (Lipinski definition) is 1. The topological polar surface area (TPSA) is 29.5 Å². The van der Waals surface area contributed by atoms with Crippen LogP contribution in [-0.4, -0.2) is 23.4 Å². The molecule has 4 atom stereocenters. The Kier molecular flexibility index (Phi) is 4.14. The molecule has 1 aliphatic carbocycles. The summed E-state index contributed by atoms with van der Waals surface area (Å²) in [5.41, 5.74) is -0.443. The monoisotopic (exact) mass is 240 g/mol. The second kappa shape index (κ2) is 5.27. The van der Waals surface area contributed by atoms with Gasteiger partial charge in [-0.3, -0.25) is 0 Å². The van der Waals surface area contributed by atoms with Gasteiger partial charge in [0.2, 0.25) is 0 Å². The van der Waals surface area contributed by atoms with Crippen molar-refractivity contribution < 1.29 is 9.84 Å². The first-order valence-corrected chi connectivity index (χ1v) is 7.35. The summed E-state index contributed by atoms with van der Waals surface area (Å²) in [7, 11) is 0. The summed E-state index contributed by atoms with van der Waals surface area (Å²) in [6.07, 6.45) is 7.01. The molecule has 2 aliphatic rings. The molecule has 1 aliphatic heterocycles. The molecule has 2 nitrogen and oxygen atoms in total. The number of aliphatic hydroxyl groups is 1. The minimum Gasteiger partial charge on any atom is -0.389 e. The molecule has 4 unspecified atom stereocenters. The van der Waals surface area contributed by atoms with Crippen molar-refractivity contribution in [3.8, 4) is 0 Å². The predicted molar refractivity (Wildman–Crippen MR) is 69.9 cm³/mol. The van der Waals surface area contributed by atoms with Crippen molar-refractivity contribution in [1.29, 1.82) is 0 Å². The van der Waals surface area contributed by atoms with E-state index in [0.29, 0.717) is 11.8 Å². The molecule has 1 heterocycles. The van der Waals surface area contributed by atoms with Gasteiger partial charge in [-0.2, -0.15) is 0 Å². The van der Waals surface area contributed by atoms with Crippen LogP contribution in [0.5, 0.6) is 0 Å². The second-order valence-electron chi connectivity index (χ2n) is 6.68. The molecule has 1 N–H and O–H groups in total. The van der Waals surface area contributed by atoms with Gasteiger partial charge in [0.1, 0.15) is 0 Å². The highest BCUT2D eigenvalue weighted by molar-refractivity contribution is 4.94. The summed E-state index contributed by atoms with van der Waals surface area (Å²) >= 11 is 0. The molecule has 0 amide bonds. The fourth-order valence-electron chi connectivity index (χ4n) is 3.62. The zero-order valence-electron chi connectivity index (χ0n) is 11.6. The Balaban J connectivity index is 2.01. The van der Waals surface area contributed by atoms with Crippen LogP contribution in [-0.2, 0) is 4.74 Å². The first-order valence-electron chi connectivity index (χ1n) is 7.35. The summed E-state index contributed by atoms with van der Waals surface area (Å²) in [4.78, 5) is 0. The summed E-state index contributed by atoms with van der Waals surface area (Å²) in [5, 5.41) is 11.0. The van der Waals surface area contributed by atoms with Crippen LogP contribution in [0.4, 0.5) is 0 Å². The molecule has 1 saturated heterocycles. The lowest BCUT2D eigenvalue weighted by molar-refractivity contribution is -0.150. The zero-order valence-corrected chi connectivity index (χ0v) is 11.6.